The van der Waals surface area contributed by atoms with E-state index in [1.807, 2.05) is 0 Å². The standard InChI is InChI=1S/C23H27N5/c1-17-7-8-22(18(2)13-17)28-11-9-27(10-12-28)16-19-5-3-4-6-21(19)20-14-25-23(24)26-15-20/h3-8,13-15H,9-12,16H2,1-2H3,(H2,24,25,26). The Balaban J connectivity index is 1.45. The minimum absolute atomic E-state index is 0.309. The average Bonchev–Trinajstić information content (AvgIpc) is 2.70. The van der Waals surface area contributed by atoms with Crippen molar-refractivity contribution in [3.05, 3.63) is 71.5 Å². The van der Waals surface area contributed by atoms with Gasteiger partial charge in [0.15, 0.2) is 0 Å². The van der Waals surface area contributed by atoms with Crippen LogP contribution in [0.2, 0.25) is 0 Å². The van der Waals surface area contributed by atoms with Crippen LogP contribution in [0, 0.1) is 13.8 Å². The van der Waals surface area contributed by atoms with Crippen LogP contribution in [0.15, 0.2) is 54.9 Å². The van der Waals surface area contributed by atoms with Crippen molar-refractivity contribution in [1.82, 2.24) is 14.9 Å². The number of anilines is 2. The fourth-order valence-corrected chi connectivity index (χ4v) is 3.96. The zero-order chi connectivity index (χ0) is 19.5. The van der Waals surface area contributed by atoms with Crippen LogP contribution >= 0.6 is 0 Å². The second kappa shape index (κ2) is 7.98. The van der Waals surface area contributed by atoms with Crippen LogP contribution in [0.1, 0.15) is 16.7 Å². The molecule has 2 heterocycles. The maximum atomic E-state index is 5.64. The Labute approximate surface area is 166 Å². The van der Waals surface area contributed by atoms with Crippen molar-refractivity contribution in [2.24, 2.45) is 0 Å². The first kappa shape index (κ1) is 18.4. The van der Waals surface area contributed by atoms with Crippen molar-refractivity contribution in [3.8, 4) is 11.1 Å². The third kappa shape index (κ3) is 3.99. The first-order valence-electron chi connectivity index (χ1n) is 9.80. The maximum Gasteiger partial charge on any atom is 0.219 e. The number of hydrogen-bond acceptors (Lipinski definition) is 5. The van der Waals surface area contributed by atoms with E-state index >= 15 is 0 Å². The van der Waals surface area contributed by atoms with E-state index in [0.717, 1.165) is 38.3 Å². The Morgan fingerprint density at radius 1 is 0.929 bits per heavy atom. The Hall–Kier alpha value is -2.92. The average molecular weight is 374 g/mol. The fourth-order valence-electron chi connectivity index (χ4n) is 3.96. The monoisotopic (exact) mass is 373 g/mol. The van der Waals surface area contributed by atoms with Crippen molar-refractivity contribution in [3.63, 3.8) is 0 Å². The Bertz CT molecular complexity index is 943. The highest BCUT2D eigenvalue weighted by Gasteiger charge is 2.19. The molecule has 0 spiro atoms. The number of nitrogens with zero attached hydrogens (tertiary/aromatic N) is 4. The summed E-state index contributed by atoms with van der Waals surface area (Å²) in [7, 11) is 0. The first-order valence-corrected chi connectivity index (χ1v) is 9.80. The van der Waals surface area contributed by atoms with Gasteiger partial charge in [0.05, 0.1) is 0 Å². The Morgan fingerprint density at radius 3 is 2.36 bits per heavy atom. The molecule has 0 radical (unpaired) electrons. The second-order valence-electron chi connectivity index (χ2n) is 7.54. The van der Waals surface area contributed by atoms with E-state index in [4.69, 9.17) is 5.73 Å². The number of hydrogen-bond donors (Lipinski definition) is 1. The molecule has 1 aliphatic rings. The van der Waals surface area contributed by atoms with E-state index in [-0.39, 0.29) is 0 Å². The van der Waals surface area contributed by atoms with Gasteiger partial charge in [0.1, 0.15) is 0 Å². The number of nitrogens with two attached hydrogens (primary N) is 1. The number of benzene rings is 2. The molecule has 5 heteroatoms. The molecule has 2 N–H and O–H groups in total. The van der Waals surface area contributed by atoms with Gasteiger partial charge in [-0.3, -0.25) is 4.90 Å². The van der Waals surface area contributed by atoms with Crippen molar-refractivity contribution < 1.29 is 0 Å². The van der Waals surface area contributed by atoms with Crippen LogP contribution in [-0.2, 0) is 6.54 Å². The topological polar surface area (TPSA) is 58.3 Å². The molecule has 1 fully saturated rings. The fraction of sp³-hybridized carbons (Fsp3) is 0.304. The predicted molar refractivity (Wildman–Crippen MR) is 115 cm³/mol. The second-order valence-corrected chi connectivity index (χ2v) is 7.54. The summed E-state index contributed by atoms with van der Waals surface area (Å²) in [6.45, 7) is 9.51. The number of piperazine rings is 1. The van der Waals surface area contributed by atoms with Crippen LogP contribution < -0.4 is 10.6 Å². The van der Waals surface area contributed by atoms with Crippen LogP contribution in [0.3, 0.4) is 0 Å². The van der Waals surface area contributed by atoms with Gasteiger partial charge in [0.25, 0.3) is 0 Å². The normalized spacial score (nSPS) is 15.0. The van der Waals surface area contributed by atoms with Crippen LogP contribution in [0.4, 0.5) is 11.6 Å². The Morgan fingerprint density at radius 2 is 1.64 bits per heavy atom. The molecule has 0 bridgehead atoms. The molecule has 5 nitrogen and oxygen atoms in total. The van der Waals surface area contributed by atoms with Crippen LogP contribution in [0.5, 0.6) is 0 Å². The highest BCUT2D eigenvalue weighted by molar-refractivity contribution is 5.66. The van der Waals surface area contributed by atoms with Gasteiger partial charge in [-0.05, 0) is 36.6 Å². The van der Waals surface area contributed by atoms with E-state index in [1.165, 1.54) is 27.9 Å². The molecule has 1 aromatic heterocycles. The quantitative estimate of drug-likeness (QED) is 0.756. The van der Waals surface area contributed by atoms with Gasteiger partial charge in [-0.25, -0.2) is 9.97 Å². The van der Waals surface area contributed by atoms with Crippen LogP contribution in [0.25, 0.3) is 11.1 Å². The van der Waals surface area contributed by atoms with Gasteiger partial charge in [-0.1, -0.05) is 42.0 Å². The van der Waals surface area contributed by atoms with Gasteiger partial charge < -0.3 is 10.6 Å². The molecule has 0 aliphatic carbocycles. The van der Waals surface area contributed by atoms with Crippen molar-refractivity contribution in [2.45, 2.75) is 20.4 Å². The summed E-state index contributed by atoms with van der Waals surface area (Å²) in [4.78, 5) is 13.3. The molecule has 28 heavy (non-hydrogen) atoms. The molecular weight excluding hydrogens is 346 g/mol. The first-order chi connectivity index (χ1) is 13.6. The van der Waals surface area contributed by atoms with Crippen molar-refractivity contribution in [2.75, 3.05) is 36.8 Å². The summed E-state index contributed by atoms with van der Waals surface area (Å²) < 4.78 is 0. The summed E-state index contributed by atoms with van der Waals surface area (Å²) in [5.41, 5.74) is 13.2. The Kier molecular flexibility index (Phi) is 5.26. The lowest BCUT2D eigenvalue weighted by Crippen LogP contribution is -2.46. The molecule has 0 amide bonds. The van der Waals surface area contributed by atoms with Crippen molar-refractivity contribution >= 4 is 11.6 Å². The number of aryl methyl sites for hydroxylation is 2. The minimum atomic E-state index is 0.309. The van der Waals surface area contributed by atoms with Crippen LogP contribution in [-0.4, -0.2) is 41.0 Å². The summed E-state index contributed by atoms with van der Waals surface area (Å²) in [6.07, 6.45) is 3.61. The zero-order valence-electron chi connectivity index (χ0n) is 16.6. The molecule has 1 aliphatic heterocycles. The van der Waals surface area contributed by atoms with E-state index in [2.05, 4.69) is 76.1 Å². The highest BCUT2D eigenvalue weighted by Crippen LogP contribution is 2.26. The van der Waals surface area contributed by atoms with E-state index in [1.54, 1.807) is 12.4 Å². The largest absolute Gasteiger partial charge is 0.369 e. The predicted octanol–water partition coefficient (Wildman–Crippen LogP) is 3.66. The summed E-state index contributed by atoms with van der Waals surface area (Å²) in [5, 5.41) is 0. The summed E-state index contributed by atoms with van der Waals surface area (Å²) in [6, 6.07) is 15.2. The molecule has 4 rings (SSSR count). The molecule has 0 unspecified atom stereocenters. The van der Waals surface area contributed by atoms with E-state index in [0.29, 0.717) is 5.95 Å². The van der Waals surface area contributed by atoms with E-state index < -0.39 is 0 Å². The smallest absolute Gasteiger partial charge is 0.219 e. The number of aromatic nitrogens is 2. The minimum Gasteiger partial charge on any atom is -0.369 e. The molecule has 0 saturated carbocycles. The number of nitrogen functional groups attached to an aromatic ring is 1. The highest BCUT2D eigenvalue weighted by atomic mass is 15.3. The van der Waals surface area contributed by atoms with Gasteiger partial charge in [0.2, 0.25) is 5.95 Å². The maximum absolute atomic E-state index is 5.64. The van der Waals surface area contributed by atoms with Gasteiger partial charge in [0, 0.05) is 56.4 Å². The molecule has 0 atom stereocenters. The van der Waals surface area contributed by atoms with Crippen molar-refractivity contribution in [1.29, 1.82) is 0 Å². The van der Waals surface area contributed by atoms with Gasteiger partial charge >= 0.3 is 0 Å². The molecule has 1 saturated heterocycles. The van der Waals surface area contributed by atoms with E-state index in [9.17, 15) is 0 Å². The molecule has 3 aromatic rings. The number of rotatable bonds is 4. The lowest BCUT2D eigenvalue weighted by Gasteiger charge is -2.37. The summed E-state index contributed by atoms with van der Waals surface area (Å²) in [5.74, 6) is 0.309. The lowest BCUT2D eigenvalue weighted by atomic mass is 10.0. The summed E-state index contributed by atoms with van der Waals surface area (Å²) >= 11 is 0. The third-order valence-electron chi connectivity index (χ3n) is 5.46. The van der Waals surface area contributed by atoms with Gasteiger partial charge in [-0.15, -0.1) is 0 Å². The SMILES string of the molecule is Cc1ccc(N2CCN(Cc3ccccc3-c3cnc(N)nc3)CC2)c(C)c1. The molecule has 144 valence electrons. The third-order valence-corrected chi connectivity index (χ3v) is 5.46. The lowest BCUT2D eigenvalue weighted by molar-refractivity contribution is 0.250. The zero-order valence-corrected chi connectivity index (χ0v) is 16.6. The van der Waals surface area contributed by atoms with Gasteiger partial charge in [-0.2, -0.15) is 0 Å². The molecular formula is C23H27N5. The molecule has 2 aromatic carbocycles.